The second-order valence-electron chi connectivity index (χ2n) is 4.43. The van der Waals surface area contributed by atoms with E-state index < -0.39 is 0 Å². The molecule has 1 aromatic carbocycles. The topological polar surface area (TPSA) is 60.0 Å². The van der Waals surface area contributed by atoms with Crippen LogP contribution in [-0.4, -0.2) is 45.7 Å². The molecule has 0 saturated carbocycles. The zero-order valence-electron chi connectivity index (χ0n) is 12.4. The zero-order valence-corrected chi connectivity index (χ0v) is 12.4. The van der Waals surface area contributed by atoms with Gasteiger partial charge in [-0.15, -0.1) is 0 Å². The van der Waals surface area contributed by atoms with Crippen LogP contribution in [0.1, 0.15) is 18.4 Å². The lowest BCUT2D eigenvalue weighted by molar-refractivity contribution is 0.199. The van der Waals surface area contributed by atoms with Crippen LogP contribution in [0.5, 0.6) is 11.5 Å². The summed E-state index contributed by atoms with van der Waals surface area (Å²) in [7, 11) is 3.32. The third-order valence-corrected chi connectivity index (χ3v) is 2.85. The summed E-state index contributed by atoms with van der Waals surface area (Å²) in [5.41, 5.74) is 1.14. The molecule has 1 rings (SSSR count). The highest BCUT2D eigenvalue weighted by atomic mass is 16.5. The Balaban J connectivity index is 2.51. The summed E-state index contributed by atoms with van der Waals surface area (Å²) in [5.74, 6) is 1.48. The van der Waals surface area contributed by atoms with E-state index in [1.165, 1.54) is 0 Å². The molecule has 0 atom stereocenters. The summed E-state index contributed by atoms with van der Waals surface area (Å²) < 4.78 is 16.0. The second kappa shape index (κ2) is 10.5. The first-order valence-corrected chi connectivity index (χ1v) is 6.92. The van der Waals surface area contributed by atoms with Crippen molar-refractivity contribution in [2.24, 2.45) is 0 Å². The number of methoxy groups -OCH3 is 2. The third kappa shape index (κ3) is 6.23. The summed E-state index contributed by atoms with van der Waals surface area (Å²) >= 11 is 0. The quantitative estimate of drug-likeness (QED) is 0.604. The van der Waals surface area contributed by atoms with E-state index in [9.17, 15) is 0 Å². The van der Waals surface area contributed by atoms with Crippen LogP contribution in [0.2, 0.25) is 0 Å². The molecule has 0 spiro atoms. The van der Waals surface area contributed by atoms with Gasteiger partial charge in [-0.05, 0) is 30.5 Å². The maximum atomic E-state index is 8.75. The van der Waals surface area contributed by atoms with E-state index in [-0.39, 0.29) is 6.61 Å². The molecular weight excluding hydrogens is 258 g/mol. The average Bonchev–Trinajstić information content (AvgIpc) is 2.48. The molecule has 0 aliphatic rings. The Morgan fingerprint density at radius 2 is 1.95 bits per heavy atom. The minimum absolute atomic E-state index is 0.198. The maximum Gasteiger partial charge on any atom is 0.161 e. The van der Waals surface area contributed by atoms with Gasteiger partial charge < -0.3 is 24.6 Å². The van der Waals surface area contributed by atoms with Gasteiger partial charge in [-0.1, -0.05) is 6.07 Å². The summed E-state index contributed by atoms with van der Waals surface area (Å²) in [6.07, 6.45) is 1.58. The Hall–Kier alpha value is -1.30. The van der Waals surface area contributed by atoms with Gasteiger partial charge in [-0.2, -0.15) is 0 Å². The fourth-order valence-corrected chi connectivity index (χ4v) is 1.75. The van der Waals surface area contributed by atoms with Gasteiger partial charge in [-0.25, -0.2) is 0 Å². The molecule has 0 unspecified atom stereocenters. The van der Waals surface area contributed by atoms with Crippen LogP contribution in [0.15, 0.2) is 18.2 Å². The molecule has 0 radical (unpaired) electrons. The largest absolute Gasteiger partial charge is 0.493 e. The fourth-order valence-electron chi connectivity index (χ4n) is 1.75. The first-order valence-electron chi connectivity index (χ1n) is 6.92. The van der Waals surface area contributed by atoms with Gasteiger partial charge in [0.05, 0.1) is 20.3 Å². The van der Waals surface area contributed by atoms with Crippen LogP contribution in [0.4, 0.5) is 0 Å². The SMILES string of the molecule is COCCNCc1ccc(OC)c(OCCCCO)c1. The number of hydrogen-bond donors (Lipinski definition) is 2. The molecule has 0 aromatic heterocycles. The molecule has 2 N–H and O–H groups in total. The normalized spacial score (nSPS) is 10.6. The Morgan fingerprint density at radius 1 is 1.10 bits per heavy atom. The van der Waals surface area contributed by atoms with Crippen LogP contribution < -0.4 is 14.8 Å². The molecule has 1 aromatic rings. The Labute approximate surface area is 120 Å². The van der Waals surface area contributed by atoms with E-state index >= 15 is 0 Å². The van der Waals surface area contributed by atoms with Gasteiger partial charge in [0.1, 0.15) is 0 Å². The standard InChI is InChI=1S/C15H25NO4/c1-18-10-7-16-12-13-5-6-14(19-2)15(11-13)20-9-4-3-8-17/h5-6,11,16-17H,3-4,7-10,12H2,1-2H3. The molecular formula is C15H25NO4. The number of ether oxygens (including phenoxy) is 3. The van der Waals surface area contributed by atoms with Crippen LogP contribution in [-0.2, 0) is 11.3 Å². The first-order chi connectivity index (χ1) is 9.81. The molecule has 0 heterocycles. The van der Waals surface area contributed by atoms with Gasteiger partial charge in [0.25, 0.3) is 0 Å². The Morgan fingerprint density at radius 3 is 2.65 bits per heavy atom. The van der Waals surface area contributed by atoms with Crippen LogP contribution >= 0.6 is 0 Å². The van der Waals surface area contributed by atoms with E-state index in [1.807, 2.05) is 18.2 Å². The fraction of sp³-hybridized carbons (Fsp3) is 0.600. The van der Waals surface area contributed by atoms with Gasteiger partial charge in [0.15, 0.2) is 11.5 Å². The highest BCUT2D eigenvalue weighted by Gasteiger charge is 2.05. The predicted molar refractivity (Wildman–Crippen MR) is 78.4 cm³/mol. The summed E-state index contributed by atoms with van der Waals surface area (Å²) in [4.78, 5) is 0. The van der Waals surface area contributed by atoms with Crippen molar-refractivity contribution >= 4 is 0 Å². The van der Waals surface area contributed by atoms with Crippen LogP contribution in [0, 0.1) is 0 Å². The minimum Gasteiger partial charge on any atom is -0.493 e. The van der Waals surface area contributed by atoms with Crippen molar-refractivity contribution in [3.05, 3.63) is 23.8 Å². The van der Waals surface area contributed by atoms with Gasteiger partial charge in [0.2, 0.25) is 0 Å². The van der Waals surface area contributed by atoms with Gasteiger partial charge in [-0.3, -0.25) is 0 Å². The van der Waals surface area contributed by atoms with Crippen molar-refractivity contribution in [1.82, 2.24) is 5.32 Å². The number of aliphatic hydroxyl groups excluding tert-OH is 1. The van der Waals surface area contributed by atoms with Crippen molar-refractivity contribution in [2.75, 3.05) is 40.6 Å². The molecule has 5 nitrogen and oxygen atoms in total. The summed E-state index contributed by atoms with van der Waals surface area (Å²) in [5, 5.41) is 12.0. The van der Waals surface area contributed by atoms with Crippen molar-refractivity contribution in [1.29, 1.82) is 0 Å². The molecule has 0 aliphatic carbocycles. The summed E-state index contributed by atoms with van der Waals surface area (Å²) in [6, 6.07) is 5.91. The predicted octanol–water partition coefficient (Wildman–Crippen LogP) is 1.58. The van der Waals surface area contributed by atoms with Crippen LogP contribution in [0.3, 0.4) is 0 Å². The van der Waals surface area contributed by atoms with E-state index in [0.29, 0.717) is 13.2 Å². The molecule has 20 heavy (non-hydrogen) atoms. The molecule has 0 aliphatic heterocycles. The Kier molecular flexibility index (Phi) is 8.78. The van der Waals surface area contributed by atoms with Crippen molar-refractivity contribution in [3.63, 3.8) is 0 Å². The maximum absolute atomic E-state index is 8.75. The Bertz CT molecular complexity index is 371. The lowest BCUT2D eigenvalue weighted by Crippen LogP contribution is -2.18. The second-order valence-corrected chi connectivity index (χ2v) is 4.43. The van der Waals surface area contributed by atoms with Crippen molar-refractivity contribution in [3.8, 4) is 11.5 Å². The smallest absolute Gasteiger partial charge is 0.161 e. The van der Waals surface area contributed by atoms with E-state index in [1.54, 1.807) is 14.2 Å². The van der Waals surface area contributed by atoms with E-state index in [2.05, 4.69) is 5.32 Å². The zero-order chi connectivity index (χ0) is 14.6. The third-order valence-electron chi connectivity index (χ3n) is 2.85. The minimum atomic E-state index is 0.198. The number of unbranched alkanes of at least 4 members (excludes halogenated alkanes) is 1. The molecule has 0 amide bonds. The highest BCUT2D eigenvalue weighted by molar-refractivity contribution is 5.42. The molecule has 0 fully saturated rings. The highest BCUT2D eigenvalue weighted by Crippen LogP contribution is 2.28. The molecule has 114 valence electrons. The van der Waals surface area contributed by atoms with Gasteiger partial charge in [0, 0.05) is 26.8 Å². The number of nitrogens with one attached hydrogen (secondary N) is 1. The lowest BCUT2D eigenvalue weighted by atomic mass is 10.2. The molecule has 0 bridgehead atoms. The molecule has 0 saturated heterocycles. The number of hydrogen-bond acceptors (Lipinski definition) is 5. The van der Waals surface area contributed by atoms with Crippen LogP contribution in [0.25, 0.3) is 0 Å². The van der Waals surface area contributed by atoms with Crippen molar-refractivity contribution in [2.45, 2.75) is 19.4 Å². The number of rotatable bonds is 11. The number of aliphatic hydroxyl groups is 1. The summed E-state index contributed by atoms with van der Waals surface area (Å²) in [6.45, 7) is 3.05. The van der Waals surface area contributed by atoms with E-state index in [0.717, 1.165) is 43.0 Å². The van der Waals surface area contributed by atoms with Crippen molar-refractivity contribution < 1.29 is 19.3 Å². The number of benzene rings is 1. The average molecular weight is 283 g/mol. The first kappa shape index (κ1) is 16.8. The van der Waals surface area contributed by atoms with E-state index in [4.69, 9.17) is 19.3 Å². The lowest BCUT2D eigenvalue weighted by Gasteiger charge is -2.12. The monoisotopic (exact) mass is 283 g/mol. The molecule has 5 heteroatoms. The van der Waals surface area contributed by atoms with Gasteiger partial charge >= 0.3 is 0 Å².